The van der Waals surface area contributed by atoms with Crippen LogP contribution in [-0.4, -0.2) is 54.5 Å². The van der Waals surface area contributed by atoms with Crippen LogP contribution in [0.15, 0.2) is 24.3 Å². The fraction of sp³-hybridized carbons (Fsp3) is 0.318. The van der Waals surface area contributed by atoms with Gasteiger partial charge in [0.25, 0.3) is 0 Å². The van der Waals surface area contributed by atoms with Crippen molar-refractivity contribution in [1.82, 2.24) is 20.5 Å². The van der Waals surface area contributed by atoms with E-state index in [-0.39, 0.29) is 32.4 Å². The number of halogens is 4. The molecule has 186 valence electrons. The number of nitrogens with zero attached hydrogens (tertiary/aromatic N) is 2. The lowest BCUT2D eigenvalue weighted by molar-refractivity contribution is -0.124. The first-order valence-electron chi connectivity index (χ1n) is 10.7. The van der Waals surface area contributed by atoms with Crippen molar-refractivity contribution in [3.05, 3.63) is 51.5 Å². The fourth-order valence-corrected chi connectivity index (χ4v) is 5.14. The smallest absolute Gasteiger partial charge is 0.321 e. The molecule has 3 N–H and O–H groups in total. The second-order valence-electron chi connectivity index (χ2n) is 7.79. The zero-order chi connectivity index (χ0) is 25.1. The SMILES string of the molecule is CC(Oc1cc2sc(NC(=O)NCCN3CCNC(=O)C3)nc2cc1F)c1c(Cl)ccc(F)c1Cl. The van der Waals surface area contributed by atoms with E-state index in [1.165, 1.54) is 18.2 Å². The zero-order valence-electron chi connectivity index (χ0n) is 18.5. The summed E-state index contributed by atoms with van der Waals surface area (Å²) in [7, 11) is 0. The van der Waals surface area contributed by atoms with Crippen LogP contribution in [0.25, 0.3) is 10.2 Å². The number of carbonyl (C=O) groups excluding carboxylic acids is 2. The van der Waals surface area contributed by atoms with Crippen LogP contribution in [0.3, 0.4) is 0 Å². The Morgan fingerprint density at radius 1 is 1.31 bits per heavy atom. The summed E-state index contributed by atoms with van der Waals surface area (Å²) in [5, 5.41) is 8.36. The molecule has 0 saturated carbocycles. The monoisotopic (exact) mass is 543 g/mol. The third kappa shape index (κ3) is 6.10. The van der Waals surface area contributed by atoms with Crippen LogP contribution in [0.5, 0.6) is 5.75 Å². The van der Waals surface area contributed by atoms with E-state index in [4.69, 9.17) is 27.9 Å². The number of urea groups is 1. The van der Waals surface area contributed by atoms with Crippen LogP contribution in [0, 0.1) is 11.6 Å². The number of aromatic nitrogens is 1. The van der Waals surface area contributed by atoms with Crippen molar-refractivity contribution in [2.24, 2.45) is 0 Å². The van der Waals surface area contributed by atoms with Crippen molar-refractivity contribution in [3.63, 3.8) is 0 Å². The Labute approximate surface area is 213 Å². The number of hydrogen-bond donors (Lipinski definition) is 3. The maximum absolute atomic E-state index is 14.7. The van der Waals surface area contributed by atoms with Crippen molar-refractivity contribution in [2.75, 3.05) is 38.0 Å². The van der Waals surface area contributed by atoms with Crippen molar-refractivity contribution in [2.45, 2.75) is 13.0 Å². The Hall–Kier alpha value is -2.73. The van der Waals surface area contributed by atoms with Crippen molar-refractivity contribution >= 4 is 61.8 Å². The maximum Gasteiger partial charge on any atom is 0.321 e. The van der Waals surface area contributed by atoms with Gasteiger partial charge in [0.15, 0.2) is 16.7 Å². The summed E-state index contributed by atoms with van der Waals surface area (Å²) in [4.78, 5) is 29.8. The highest BCUT2D eigenvalue weighted by molar-refractivity contribution is 7.22. The van der Waals surface area contributed by atoms with E-state index in [1.807, 2.05) is 4.90 Å². The van der Waals surface area contributed by atoms with Crippen LogP contribution >= 0.6 is 34.5 Å². The minimum atomic E-state index is -0.833. The minimum absolute atomic E-state index is 0.0396. The first-order valence-corrected chi connectivity index (χ1v) is 12.2. The van der Waals surface area contributed by atoms with Crippen LogP contribution < -0.4 is 20.7 Å². The van der Waals surface area contributed by atoms with E-state index in [1.54, 1.807) is 6.92 Å². The molecule has 1 atom stereocenters. The van der Waals surface area contributed by atoms with Gasteiger partial charge in [-0.1, -0.05) is 34.5 Å². The van der Waals surface area contributed by atoms with E-state index < -0.39 is 23.8 Å². The van der Waals surface area contributed by atoms with Gasteiger partial charge in [-0.25, -0.2) is 18.6 Å². The predicted octanol–water partition coefficient (Wildman–Crippen LogP) is 4.57. The molecule has 1 unspecified atom stereocenters. The van der Waals surface area contributed by atoms with E-state index in [9.17, 15) is 18.4 Å². The largest absolute Gasteiger partial charge is 0.483 e. The molecule has 35 heavy (non-hydrogen) atoms. The Morgan fingerprint density at radius 3 is 2.89 bits per heavy atom. The number of anilines is 1. The zero-order valence-corrected chi connectivity index (χ0v) is 20.8. The number of fused-ring (bicyclic) bond motifs is 1. The number of ether oxygens (including phenoxy) is 1. The summed E-state index contributed by atoms with van der Waals surface area (Å²) in [6.45, 7) is 4.06. The highest BCUT2D eigenvalue weighted by atomic mass is 35.5. The van der Waals surface area contributed by atoms with Gasteiger partial charge in [0.2, 0.25) is 5.91 Å². The molecule has 1 aliphatic rings. The molecule has 1 saturated heterocycles. The summed E-state index contributed by atoms with van der Waals surface area (Å²) in [6.07, 6.45) is -0.833. The molecule has 8 nitrogen and oxygen atoms in total. The lowest BCUT2D eigenvalue weighted by Crippen LogP contribution is -2.49. The quantitative estimate of drug-likeness (QED) is 0.379. The minimum Gasteiger partial charge on any atom is -0.483 e. The molecule has 2 aromatic carbocycles. The number of amides is 3. The molecule has 1 aromatic heterocycles. The van der Waals surface area contributed by atoms with Gasteiger partial charge in [0.1, 0.15) is 11.9 Å². The van der Waals surface area contributed by atoms with Gasteiger partial charge in [-0.2, -0.15) is 0 Å². The number of hydrogen-bond acceptors (Lipinski definition) is 6. The van der Waals surface area contributed by atoms with Crippen LogP contribution in [0.2, 0.25) is 10.0 Å². The Bertz CT molecular complexity index is 1280. The molecule has 3 aromatic rings. The van der Waals surface area contributed by atoms with E-state index in [2.05, 4.69) is 20.9 Å². The highest BCUT2D eigenvalue weighted by Crippen LogP contribution is 2.37. The fourth-order valence-electron chi connectivity index (χ4n) is 3.59. The molecule has 0 radical (unpaired) electrons. The number of thiazole rings is 1. The van der Waals surface area contributed by atoms with Crippen LogP contribution in [-0.2, 0) is 4.79 Å². The van der Waals surface area contributed by atoms with E-state index in [0.717, 1.165) is 23.9 Å². The van der Waals surface area contributed by atoms with Gasteiger partial charge in [0, 0.05) is 48.9 Å². The second-order valence-corrected chi connectivity index (χ2v) is 9.61. The van der Waals surface area contributed by atoms with Gasteiger partial charge >= 0.3 is 6.03 Å². The van der Waals surface area contributed by atoms with E-state index in [0.29, 0.717) is 36.4 Å². The summed E-state index contributed by atoms with van der Waals surface area (Å²) in [5.74, 6) is -1.47. The number of carbonyl (C=O) groups is 2. The number of piperazine rings is 1. The molecule has 4 rings (SSSR count). The molecule has 0 spiro atoms. The normalized spacial score (nSPS) is 15.1. The number of rotatable bonds is 7. The van der Waals surface area contributed by atoms with Gasteiger partial charge in [-0.05, 0) is 19.1 Å². The standard InChI is InChI=1S/C22H21Cl2F2N5O3S/c1-11(19-12(23)2-3-13(25)20(19)24)34-16-9-17-15(8-14(16)26)29-22(35-17)30-21(33)28-5-7-31-6-4-27-18(32)10-31/h2-3,8-9,11H,4-7,10H2,1H3,(H,27,32)(H2,28,29,30,33). The average Bonchev–Trinajstić information content (AvgIpc) is 3.17. The van der Waals surface area contributed by atoms with Crippen molar-refractivity contribution in [3.8, 4) is 5.75 Å². The Morgan fingerprint density at radius 2 is 2.11 bits per heavy atom. The molecule has 1 fully saturated rings. The molecule has 1 aliphatic heterocycles. The summed E-state index contributed by atoms with van der Waals surface area (Å²) in [5.41, 5.74) is 0.547. The van der Waals surface area contributed by atoms with Gasteiger partial charge in [0.05, 0.1) is 21.8 Å². The third-order valence-electron chi connectivity index (χ3n) is 5.28. The third-order valence-corrected chi connectivity index (χ3v) is 6.93. The molecular weight excluding hydrogens is 523 g/mol. The summed E-state index contributed by atoms with van der Waals surface area (Å²) < 4.78 is 34.8. The van der Waals surface area contributed by atoms with Crippen LogP contribution in [0.4, 0.5) is 18.7 Å². The summed E-state index contributed by atoms with van der Waals surface area (Å²) in [6, 6.07) is 4.66. The molecule has 0 bridgehead atoms. The average molecular weight is 544 g/mol. The lowest BCUT2D eigenvalue weighted by atomic mass is 10.1. The highest BCUT2D eigenvalue weighted by Gasteiger charge is 2.21. The van der Waals surface area contributed by atoms with Crippen molar-refractivity contribution in [1.29, 1.82) is 0 Å². The topological polar surface area (TPSA) is 95.6 Å². The van der Waals surface area contributed by atoms with E-state index >= 15 is 0 Å². The Kier molecular flexibility index (Phi) is 7.90. The maximum atomic E-state index is 14.7. The lowest BCUT2D eigenvalue weighted by Gasteiger charge is -2.26. The molecular formula is C22H21Cl2F2N5O3S. The second kappa shape index (κ2) is 10.9. The van der Waals surface area contributed by atoms with Crippen LogP contribution in [0.1, 0.15) is 18.6 Å². The Balaban J connectivity index is 1.39. The van der Waals surface area contributed by atoms with Gasteiger partial charge in [-0.3, -0.25) is 15.0 Å². The van der Waals surface area contributed by atoms with Gasteiger partial charge in [-0.15, -0.1) is 0 Å². The first-order chi connectivity index (χ1) is 16.7. The first kappa shape index (κ1) is 25.4. The number of nitrogens with one attached hydrogen (secondary N) is 3. The molecule has 13 heteroatoms. The van der Waals surface area contributed by atoms with Gasteiger partial charge < -0.3 is 15.4 Å². The number of benzene rings is 2. The van der Waals surface area contributed by atoms with Crippen molar-refractivity contribution < 1.29 is 23.1 Å². The molecule has 2 heterocycles. The summed E-state index contributed by atoms with van der Waals surface area (Å²) >= 11 is 13.3. The molecule has 0 aliphatic carbocycles. The molecule has 3 amide bonds. The predicted molar refractivity (Wildman–Crippen MR) is 132 cm³/mol.